The number of epoxide rings is 1. The number of rotatable bonds is 1. The van der Waals surface area contributed by atoms with E-state index in [1.807, 2.05) is 40.7 Å². The van der Waals surface area contributed by atoms with Crippen LogP contribution in [0.3, 0.4) is 0 Å². The number of fused-ring (bicyclic) bond motifs is 1. The molecule has 0 aromatic heterocycles. The van der Waals surface area contributed by atoms with Gasteiger partial charge in [-0.25, -0.2) is 0 Å². The highest BCUT2D eigenvalue weighted by Crippen LogP contribution is 2.43. The Kier molecular flexibility index (Phi) is 6.46. The molecule has 1 aliphatic carbocycles. The van der Waals surface area contributed by atoms with Gasteiger partial charge in [0.1, 0.15) is 17.3 Å². The lowest BCUT2D eigenvalue weighted by molar-refractivity contribution is -0.157. The molecule has 2 aliphatic rings. The van der Waals surface area contributed by atoms with Gasteiger partial charge in [-0.15, -0.1) is 0 Å². The maximum Gasteiger partial charge on any atom is 0.303 e. The highest BCUT2D eigenvalue weighted by atomic mass is 16.6. The summed E-state index contributed by atoms with van der Waals surface area (Å²) in [5.41, 5.74) is 1.19. The largest absolute Gasteiger partial charge is 0.460 e. The lowest BCUT2D eigenvalue weighted by Gasteiger charge is -2.30. The Morgan fingerprint density at radius 3 is 2.33 bits per heavy atom. The Morgan fingerprint density at radius 1 is 1.11 bits per heavy atom. The van der Waals surface area contributed by atoms with E-state index in [4.69, 9.17) is 9.47 Å². The molecular weight excluding hydrogens is 344 g/mol. The minimum atomic E-state index is -0.777. The molecule has 1 heterocycles. The predicted molar refractivity (Wildman–Crippen MR) is 103 cm³/mol. The minimum Gasteiger partial charge on any atom is -0.460 e. The summed E-state index contributed by atoms with van der Waals surface area (Å²) in [4.78, 5) is 37.0. The SMILES string of the molecule is CC(=O)O[C@@]1(C)CCC(=O)C(C)=CCC[C@]2(C)O[C@H]2C(=O)C(=C(C)C)CC1. The zero-order chi connectivity index (χ0) is 20.4. The molecule has 0 radical (unpaired) electrons. The van der Waals surface area contributed by atoms with Crippen molar-refractivity contribution >= 4 is 17.5 Å². The van der Waals surface area contributed by atoms with E-state index in [9.17, 15) is 14.4 Å². The van der Waals surface area contributed by atoms with E-state index in [2.05, 4.69) is 0 Å². The first-order valence-electron chi connectivity index (χ1n) is 9.75. The van der Waals surface area contributed by atoms with Crippen LogP contribution in [0, 0.1) is 0 Å². The van der Waals surface area contributed by atoms with E-state index in [0.29, 0.717) is 37.7 Å². The third-order valence-electron chi connectivity index (χ3n) is 5.73. The number of ether oxygens (including phenoxy) is 2. The minimum absolute atomic E-state index is 0.0384. The van der Waals surface area contributed by atoms with Gasteiger partial charge in [-0.1, -0.05) is 11.6 Å². The highest BCUT2D eigenvalue weighted by Gasteiger charge is 2.56. The van der Waals surface area contributed by atoms with Crippen molar-refractivity contribution in [2.24, 2.45) is 0 Å². The number of carbonyl (C=O) groups excluding carboxylic acids is 3. The van der Waals surface area contributed by atoms with E-state index in [1.165, 1.54) is 6.92 Å². The summed E-state index contributed by atoms with van der Waals surface area (Å²) in [6.07, 6.45) is 4.68. The second-order valence-electron chi connectivity index (χ2n) is 8.55. The van der Waals surface area contributed by atoms with Crippen LogP contribution in [0.25, 0.3) is 0 Å². The van der Waals surface area contributed by atoms with Crippen molar-refractivity contribution in [1.29, 1.82) is 0 Å². The molecule has 1 aliphatic heterocycles. The lowest BCUT2D eigenvalue weighted by atomic mass is 9.85. The average molecular weight is 376 g/mol. The Balaban J connectivity index is 2.32. The summed E-state index contributed by atoms with van der Waals surface area (Å²) in [7, 11) is 0. The quantitative estimate of drug-likeness (QED) is 0.389. The number of allylic oxidation sites excluding steroid dienone is 3. The molecule has 3 atom stereocenters. The Bertz CT molecular complexity index is 697. The van der Waals surface area contributed by atoms with Gasteiger partial charge in [0.25, 0.3) is 0 Å². The first kappa shape index (κ1) is 21.5. The van der Waals surface area contributed by atoms with Crippen molar-refractivity contribution in [3.05, 3.63) is 22.8 Å². The van der Waals surface area contributed by atoms with E-state index in [0.717, 1.165) is 17.6 Å². The fraction of sp³-hybridized carbons (Fsp3) is 0.682. The van der Waals surface area contributed by atoms with Crippen LogP contribution in [0.1, 0.15) is 80.1 Å². The van der Waals surface area contributed by atoms with Crippen LogP contribution in [-0.2, 0) is 23.9 Å². The monoisotopic (exact) mass is 376 g/mol. The molecule has 0 amide bonds. The maximum atomic E-state index is 13.0. The van der Waals surface area contributed by atoms with Crippen molar-refractivity contribution in [3.63, 3.8) is 0 Å². The molecule has 0 aromatic rings. The average Bonchev–Trinajstić information content (AvgIpc) is 3.22. The molecule has 5 heteroatoms. The van der Waals surface area contributed by atoms with Gasteiger partial charge in [-0.05, 0) is 77.9 Å². The molecule has 0 unspecified atom stereocenters. The lowest BCUT2D eigenvalue weighted by Crippen LogP contribution is -2.33. The molecule has 0 N–H and O–H groups in total. The maximum absolute atomic E-state index is 13.0. The number of hydrogen-bond acceptors (Lipinski definition) is 5. The van der Waals surface area contributed by atoms with Crippen molar-refractivity contribution in [3.8, 4) is 0 Å². The van der Waals surface area contributed by atoms with Gasteiger partial charge >= 0.3 is 5.97 Å². The molecule has 27 heavy (non-hydrogen) atoms. The third-order valence-corrected chi connectivity index (χ3v) is 5.73. The Hall–Kier alpha value is -1.75. The van der Waals surface area contributed by atoms with E-state index in [1.54, 1.807) is 0 Å². The van der Waals surface area contributed by atoms with E-state index >= 15 is 0 Å². The first-order valence-corrected chi connectivity index (χ1v) is 9.75. The molecule has 0 bridgehead atoms. The summed E-state index contributed by atoms with van der Waals surface area (Å²) < 4.78 is 11.3. The van der Waals surface area contributed by atoms with Gasteiger partial charge in [0.15, 0.2) is 11.6 Å². The van der Waals surface area contributed by atoms with Gasteiger partial charge in [0.05, 0.1) is 0 Å². The van der Waals surface area contributed by atoms with Crippen LogP contribution in [0.15, 0.2) is 22.8 Å². The van der Waals surface area contributed by atoms with E-state index in [-0.39, 0.29) is 17.5 Å². The predicted octanol–water partition coefficient (Wildman–Crippen LogP) is 4.24. The molecule has 5 nitrogen and oxygen atoms in total. The number of esters is 1. The van der Waals surface area contributed by atoms with E-state index < -0.39 is 17.3 Å². The van der Waals surface area contributed by atoms with Gasteiger partial charge < -0.3 is 9.47 Å². The Morgan fingerprint density at radius 2 is 1.74 bits per heavy atom. The molecule has 1 saturated heterocycles. The second-order valence-corrected chi connectivity index (χ2v) is 8.55. The van der Waals surface area contributed by atoms with Crippen LogP contribution in [0.4, 0.5) is 0 Å². The number of carbonyl (C=O) groups is 3. The van der Waals surface area contributed by atoms with Crippen molar-refractivity contribution in [2.75, 3.05) is 0 Å². The smallest absolute Gasteiger partial charge is 0.303 e. The van der Waals surface area contributed by atoms with Gasteiger partial charge in [0, 0.05) is 13.3 Å². The fourth-order valence-electron chi connectivity index (χ4n) is 3.76. The van der Waals surface area contributed by atoms with Crippen molar-refractivity contribution < 1.29 is 23.9 Å². The highest BCUT2D eigenvalue weighted by molar-refractivity contribution is 6.02. The fourth-order valence-corrected chi connectivity index (χ4v) is 3.76. The molecular formula is C22H32O5. The standard InChI is InChI=1S/C22H32O5/c1-14(2)17-9-12-21(5,26-16(4)23)13-10-18(24)15(3)8-7-11-22(6)20(27-22)19(17)25/h8,20H,7,9-13H2,1-6H3/t20-,21+,22-/m0/s1. The van der Waals surface area contributed by atoms with Gasteiger partial charge in [-0.2, -0.15) is 0 Å². The zero-order valence-corrected chi connectivity index (χ0v) is 17.4. The normalized spacial score (nSPS) is 32.9. The summed E-state index contributed by atoms with van der Waals surface area (Å²) in [5, 5.41) is 0. The zero-order valence-electron chi connectivity index (χ0n) is 17.4. The number of hydrogen-bond donors (Lipinski definition) is 0. The second kappa shape index (κ2) is 8.09. The van der Waals surface area contributed by atoms with Crippen molar-refractivity contribution in [2.45, 2.75) is 97.4 Å². The van der Waals surface area contributed by atoms with Gasteiger partial charge in [-0.3, -0.25) is 14.4 Å². The van der Waals surface area contributed by atoms with Crippen LogP contribution < -0.4 is 0 Å². The third kappa shape index (κ3) is 5.38. The van der Waals surface area contributed by atoms with Crippen molar-refractivity contribution in [1.82, 2.24) is 0 Å². The molecule has 0 spiro atoms. The van der Waals surface area contributed by atoms with Crippen LogP contribution in [-0.4, -0.2) is 34.8 Å². The number of ketones is 2. The Labute approximate surface area is 162 Å². The summed E-state index contributed by atoms with van der Waals surface area (Å²) in [5.74, 6) is -0.264. The summed E-state index contributed by atoms with van der Waals surface area (Å²) in [6, 6.07) is 0. The molecule has 150 valence electrons. The number of Topliss-reactive ketones (excluding diaryl/α,β-unsaturated/α-hetero) is 2. The van der Waals surface area contributed by atoms with Gasteiger partial charge in [0.2, 0.25) is 0 Å². The molecule has 0 aromatic carbocycles. The molecule has 2 rings (SSSR count). The molecule has 1 fully saturated rings. The topological polar surface area (TPSA) is 73.0 Å². The van der Waals surface area contributed by atoms with Crippen LogP contribution >= 0.6 is 0 Å². The first-order chi connectivity index (χ1) is 12.5. The molecule has 0 saturated carbocycles. The summed E-state index contributed by atoms with van der Waals surface area (Å²) in [6.45, 7) is 10.8. The summed E-state index contributed by atoms with van der Waals surface area (Å²) >= 11 is 0. The van der Waals surface area contributed by atoms with Crippen LogP contribution in [0.5, 0.6) is 0 Å². The van der Waals surface area contributed by atoms with Crippen LogP contribution in [0.2, 0.25) is 0 Å².